The SMILES string of the molecule is CC1(C)CCN(C(C)(C)C)CC1CCN. The van der Waals surface area contributed by atoms with Crippen molar-refractivity contribution in [1.82, 2.24) is 4.90 Å². The highest BCUT2D eigenvalue weighted by Gasteiger charge is 2.37. The van der Waals surface area contributed by atoms with Crippen molar-refractivity contribution in [2.75, 3.05) is 19.6 Å². The topological polar surface area (TPSA) is 29.3 Å². The molecule has 0 aromatic carbocycles. The van der Waals surface area contributed by atoms with Crippen molar-refractivity contribution < 1.29 is 0 Å². The Morgan fingerprint density at radius 1 is 1.33 bits per heavy atom. The molecular weight excluding hydrogens is 184 g/mol. The third kappa shape index (κ3) is 3.18. The molecule has 1 saturated heterocycles. The monoisotopic (exact) mass is 212 g/mol. The van der Waals surface area contributed by atoms with Gasteiger partial charge in [-0.05, 0) is 58.0 Å². The minimum absolute atomic E-state index is 0.309. The predicted octanol–water partition coefficient (Wildman–Crippen LogP) is 2.48. The van der Waals surface area contributed by atoms with Gasteiger partial charge >= 0.3 is 0 Å². The summed E-state index contributed by atoms with van der Waals surface area (Å²) in [6.07, 6.45) is 2.47. The maximum Gasteiger partial charge on any atom is 0.0125 e. The lowest BCUT2D eigenvalue weighted by Crippen LogP contribution is -2.52. The summed E-state index contributed by atoms with van der Waals surface area (Å²) in [5.41, 5.74) is 6.50. The van der Waals surface area contributed by atoms with Crippen molar-refractivity contribution >= 4 is 0 Å². The second kappa shape index (κ2) is 4.42. The van der Waals surface area contributed by atoms with E-state index in [1.807, 2.05) is 0 Å². The lowest BCUT2D eigenvalue weighted by molar-refractivity contribution is 0.00626. The van der Waals surface area contributed by atoms with Crippen molar-refractivity contribution in [3.63, 3.8) is 0 Å². The average molecular weight is 212 g/mol. The third-order valence-corrected chi connectivity index (χ3v) is 4.04. The number of piperidine rings is 1. The van der Waals surface area contributed by atoms with Gasteiger partial charge in [-0.25, -0.2) is 0 Å². The van der Waals surface area contributed by atoms with Gasteiger partial charge in [0.2, 0.25) is 0 Å². The zero-order valence-electron chi connectivity index (χ0n) is 11.1. The molecule has 15 heavy (non-hydrogen) atoms. The largest absolute Gasteiger partial charge is 0.330 e. The lowest BCUT2D eigenvalue weighted by atomic mass is 9.71. The van der Waals surface area contributed by atoms with Crippen LogP contribution in [0.1, 0.15) is 47.5 Å². The number of rotatable bonds is 2. The average Bonchev–Trinajstić information content (AvgIpc) is 2.06. The van der Waals surface area contributed by atoms with Crippen LogP contribution in [-0.4, -0.2) is 30.1 Å². The predicted molar refractivity (Wildman–Crippen MR) is 66.9 cm³/mol. The summed E-state index contributed by atoms with van der Waals surface area (Å²) < 4.78 is 0. The number of nitrogens with two attached hydrogens (primary N) is 1. The van der Waals surface area contributed by atoms with Gasteiger partial charge in [0.15, 0.2) is 0 Å². The first-order valence-corrected chi connectivity index (χ1v) is 6.22. The molecule has 0 aromatic heterocycles. The Bertz CT molecular complexity index is 203. The van der Waals surface area contributed by atoms with E-state index in [0.29, 0.717) is 11.0 Å². The van der Waals surface area contributed by atoms with Crippen LogP contribution < -0.4 is 5.73 Å². The normalized spacial score (nSPS) is 28.0. The van der Waals surface area contributed by atoms with E-state index in [0.717, 1.165) is 12.5 Å². The van der Waals surface area contributed by atoms with E-state index in [1.165, 1.54) is 25.9 Å². The minimum Gasteiger partial charge on any atom is -0.330 e. The van der Waals surface area contributed by atoms with Crippen molar-refractivity contribution in [3.8, 4) is 0 Å². The maximum absolute atomic E-state index is 5.72. The van der Waals surface area contributed by atoms with E-state index in [4.69, 9.17) is 5.73 Å². The summed E-state index contributed by atoms with van der Waals surface area (Å²) in [6, 6.07) is 0. The Balaban J connectivity index is 2.66. The zero-order valence-corrected chi connectivity index (χ0v) is 11.1. The third-order valence-electron chi connectivity index (χ3n) is 4.04. The van der Waals surface area contributed by atoms with Gasteiger partial charge in [-0.15, -0.1) is 0 Å². The Hall–Kier alpha value is -0.0800. The molecule has 0 amide bonds. The first kappa shape index (κ1) is 13.0. The first-order chi connectivity index (χ1) is 6.77. The van der Waals surface area contributed by atoms with Crippen LogP contribution in [0.5, 0.6) is 0 Å². The van der Waals surface area contributed by atoms with E-state index in [9.17, 15) is 0 Å². The molecule has 0 bridgehead atoms. The second-order valence-electron chi connectivity index (χ2n) is 6.63. The number of hydrogen-bond donors (Lipinski definition) is 1. The van der Waals surface area contributed by atoms with Crippen LogP contribution in [0.25, 0.3) is 0 Å². The number of likely N-dealkylation sites (tertiary alicyclic amines) is 1. The molecule has 0 spiro atoms. The smallest absolute Gasteiger partial charge is 0.0125 e. The van der Waals surface area contributed by atoms with E-state index in [2.05, 4.69) is 39.5 Å². The van der Waals surface area contributed by atoms with Gasteiger partial charge in [-0.3, -0.25) is 4.90 Å². The highest BCUT2D eigenvalue weighted by atomic mass is 15.2. The van der Waals surface area contributed by atoms with Gasteiger partial charge in [-0.2, -0.15) is 0 Å². The second-order valence-corrected chi connectivity index (χ2v) is 6.63. The molecule has 1 heterocycles. The van der Waals surface area contributed by atoms with Gasteiger partial charge in [0.25, 0.3) is 0 Å². The summed E-state index contributed by atoms with van der Waals surface area (Å²) in [4.78, 5) is 2.61. The molecule has 2 N–H and O–H groups in total. The highest BCUT2D eigenvalue weighted by Crippen LogP contribution is 2.39. The molecule has 90 valence electrons. The summed E-state index contributed by atoms with van der Waals surface area (Å²) in [5, 5.41) is 0. The molecule has 0 aromatic rings. The summed E-state index contributed by atoms with van der Waals surface area (Å²) >= 11 is 0. The van der Waals surface area contributed by atoms with Gasteiger partial charge in [0, 0.05) is 12.1 Å². The maximum atomic E-state index is 5.72. The van der Waals surface area contributed by atoms with Gasteiger partial charge in [-0.1, -0.05) is 13.8 Å². The molecule has 1 atom stereocenters. The molecule has 1 unspecified atom stereocenters. The summed E-state index contributed by atoms with van der Waals surface area (Å²) in [6.45, 7) is 15.0. The molecule has 0 saturated carbocycles. The fraction of sp³-hybridized carbons (Fsp3) is 1.00. The molecule has 1 fully saturated rings. The van der Waals surface area contributed by atoms with Gasteiger partial charge < -0.3 is 5.73 Å². The van der Waals surface area contributed by atoms with Crippen LogP contribution >= 0.6 is 0 Å². The van der Waals surface area contributed by atoms with Crippen molar-refractivity contribution in [3.05, 3.63) is 0 Å². The first-order valence-electron chi connectivity index (χ1n) is 6.22. The molecule has 0 aliphatic carbocycles. The Labute approximate surface area is 95.2 Å². The highest BCUT2D eigenvalue weighted by molar-refractivity contribution is 4.90. The van der Waals surface area contributed by atoms with Crippen molar-refractivity contribution in [2.24, 2.45) is 17.1 Å². The van der Waals surface area contributed by atoms with Crippen molar-refractivity contribution in [1.29, 1.82) is 0 Å². The molecule has 1 aliphatic rings. The standard InChI is InChI=1S/C13H28N2/c1-12(2,3)15-9-7-13(4,5)11(10-15)6-8-14/h11H,6-10,14H2,1-5H3. The molecule has 1 rings (SSSR count). The van der Waals surface area contributed by atoms with Crippen LogP contribution in [0.4, 0.5) is 0 Å². The van der Waals surface area contributed by atoms with Crippen LogP contribution in [0.15, 0.2) is 0 Å². The lowest BCUT2D eigenvalue weighted by Gasteiger charge is -2.49. The minimum atomic E-state index is 0.309. The van der Waals surface area contributed by atoms with Crippen LogP contribution in [0, 0.1) is 11.3 Å². The Morgan fingerprint density at radius 2 is 1.93 bits per heavy atom. The van der Waals surface area contributed by atoms with E-state index in [-0.39, 0.29) is 0 Å². The molecule has 2 nitrogen and oxygen atoms in total. The summed E-state index contributed by atoms with van der Waals surface area (Å²) in [7, 11) is 0. The van der Waals surface area contributed by atoms with Crippen LogP contribution in [0.3, 0.4) is 0 Å². The Kier molecular flexibility index (Phi) is 3.83. The van der Waals surface area contributed by atoms with E-state index >= 15 is 0 Å². The zero-order chi connectivity index (χ0) is 11.7. The quantitative estimate of drug-likeness (QED) is 0.762. The van der Waals surface area contributed by atoms with E-state index in [1.54, 1.807) is 0 Å². The molecule has 0 radical (unpaired) electrons. The van der Waals surface area contributed by atoms with Crippen LogP contribution in [0.2, 0.25) is 0 Å². The van der Waals surface area contributed by atoms with E-state index < -0.39 is 0 Å². The Morgan fingerprint density at radius 3 is 2.40 bits per heavy atom. The summed E-state index contributed by atoms with van der Waals surface area (Å²) in [5.74, 6) is 0.760. The molecule has 2 heteroatoms. The number of nitrogens with zero attached hydrogens (tertiary/aromatic N) is 1. The van der Waals surface area contributed by atoms with Crippen molar-refractivity contribution in [2.45, 2.75) is 53.0 Å². The van der Waals surface area contributed by atoms with Gasteiger partial charge in [0.05, 0.1) is 0 Å². The van der Waals surface area contributed by atoms with Gasteiger partial charge in [0.1, 0.15) is 0 Å². The molecular formula is C13H28N2. The van der Waals surface area contributed by atoms with Crippen LogP contribution in [-0.2, 0) is 0 Å². The fourth-order valence-corrected chi connectivity index (χ4v) is 2.52. The molecule has 1 aliphatic heterocycles. The fourth-order valence-electron chi connectivity index (χ4n) is 2.52. The number of hydrogen-bond acceptors (Lipinski definition) is 2.